The minimum Gasteiger partial charge on any atom is -0.379 e. The third-order valence-corrected chi connectivity index (χ3v) is 7.88. The third-order valence-electron chi connectivity index (χ3n) is 5.97. The van der Waals surface area contributed by atoms with Gasteiger partial charge in [0, 0.05) is 44.1 Å². The highest BCUT2D eigenvalue weighted by molar-refractivity contribution is 7.89. The molecule has 3 heterocycles. The number of carbonyl (C=O) groups is 1. The molecule has 1 amide bonds. The Balaban J connectivity index is 1.48. The van der Waals surface area contributed by atoms with Crippen LogP contribution in [-0.2, 0) is 14.8 Å². The second-order valence-corrected chi connectivity index (χ2v) is 10.5. The van der Waals surface area contributed by atoms with Crippen molar-refractivity contribution in [2.75, 3.05) is 61.9 Å². The highest BCUT2D eigenvalue weighted by Gasteiger charge is 2.26. The number of hydrogen-bond acceptors (Lipinski definition) is 9. The Morgan fingerprint density at radius 3 is 2.69 bits per heavy atom. The summed E-state index contributed by atoms with van der Waals surface area (Å²) in [5.41, 5.74) is 0.803. The Kier molecular flexibility index (Phi) is 8.50. The van der Waals surface area contributed by atoms with Gasteiger partial charge in [0.2, 0.25) is 16.0 Å². The fraction of sp³-hybridized carbons (Fsp3) is 0.522. The Bertz CT molecular complexity index is 1100. The number of morpholine rings is 1. The van der Waals surface area contributed by atoms with Crippen molar-refractivity contribution in [3.63, 3.8) is 0 Å². The van der Waals surface area contributed by atoms with E-state index in [1.807, 2.05) is 0 Å². The molecule has 12 heteroatoms. The van der Waals surface area contributed by atoms with E-state index in [0.717, 1.165) is 38.9 Å². The molecule has 1 aromatic heterocycles. The van der Waals surface area contributed by atoms with Crippen LogP contribution in [0, 0.1) is 0 Å². The number of ether oxygens (including phenoxy) is 1. The number of anilines is 3. The van der Waals surface area contributed by atoms with Gasteiger partial charge in [0.1, 0.15) is 11.4 Å². The Morgan fingerprint density at radius 2 is 2.00 bits per heavy atom. The molecule has 190 valence electrons. The topological polar surface area (TPSA) is 138 Å². The first-order valence-electron chi connectivity index (χ1n) is 12.0. The molecule has 1 aromatic carbocycles. The lowest BCUT2D eigenvalue weighted by atomic mass is 10.2. The molecule has 4 rings (SSSR count). The molecule has 0 bridgehead atoms. The van der Waals surface area contributed by atoms with Crippen molar-refractivity contribution in [1.29, 1.82) is 0 Å². The second kappa shape index (κ2) is 11.8. The largest absolute Gasteiger partial charge is 0.379 e. The van der Waals surface area contributed by atoms with E-state index in [0.29, 0.717) is 49.3 Å². The van der Waals surface area contributed by atoms with E-state index in [1.165, 1.54) is 22.6 Å². The lowest BCUT2D eigenvalue weighted by Gasteiger charge is -2.26. The van der Waals surface area contributed by atoms with Gasteiger partial charge < -0.3 is 26.0 Å². The van der Waals surface area contributed by atoms with Crippen LogP contribution >= 0.6 is 0 Å². The van der Waals surface area contributed by atoms with Gasteiger partial charge in [0.15, 0.2) is 0 Å². The molecule has 2 aromatic rings. The number of amides is 1. The van der Waals surface area contributed by atoms with Crippen LogP contribution in [0.2, 0.25) is 0 Å². The maximum atomic E-state index is 13.1. The van der Waals surface area contributed by atoms with E-state index in [-0.39, 0.29) is 16.8 Å². The SMILES string of the molecule is CCCCNc1ncc(C(=O)Nc2ccc(S(=O)(=O)N3CCOCC3)cc2)c(NC2CCNC2)n1. The predicted molar refractivity (Wildman–Crippen MR) is 134 cm³/mol. The smallest absolute Gasteiger partial charge is 0.260 e. The van der Waals surface area contributed by atoms with Crippen LogP contribution in [-0.4, -0.2) is 80.6 Å². The number of nitrogens with one attached hydrogen (secondary N) is 4. The third kappa shape index (κ3) is 6.45. The van der Waals surface area contributed by atoms with Crippen LogP contribution in [0.4, 0.5) is 17.5 Å². The molecular formula is C23H33N7O4S. The molecular weight excluding hydrogens is 470 g/mol. The molecule has 0 aliphatic carbocycles. The van der Waals surface area contributed by atoms with Crippen LogP contribution in [0.1, 0.15) is 36.5 Å². The van der Waals surface area contributed by atoms with Gasteiger partial charge in [-0.3, -0.25) is 4.79 Å². The van der Waals surface area contributed by atoms with Crippen molar-refractivity contribution in [1.82, 2.24) is 19.6 Å². The minimum absolute atomic E-state index is 0.171. The summed E-state index contributed by atoms with van der Waals surface area (Å²) in [5, 5.41) is 12.7. The normalized spacial score (nSPS) is 18.8. The zero-order chi connectivity index (χ0) is 24.7. The molecule has 11 nitrogen and oxygen atoms in total. The summed E-state index contributed by atoms with van der Waals surface area (Å²) in [6, 6.07) is 6.34. The van der Waals surface area contributed by atoms with Crippen LogP contribution < -0.4 is 21.3 Å². The maximum Gasteiger partial charge on any atom is 0.260 e. The number of carbonyl (C=O) groups excluding carboxylic acids is 1. The van der Waals surface area contributed by atoms with Crippen LogP contribution in [0.15, 0.2) is 35.4 Å². The first kappa shape index (κ1) is 25.3. The standard InChI is InChI=1S/C23H33N7O4S/c1-2-3-9-25-23-26-16-20(21(29-23)27-18-8-10-24-15-18)22(31)28-17-4-6-19(7-5-17)35(32,33)30-11-13-34-14-12-30/h4-7,16,18,24H,2-3,8-15H2,1H3,(H,28,31)(H2,25,26,27,29). The lowest BCUT2D eigenvalue weighted by molar-refractivity contribution is 0.0730. The van der Waals surface area contributed by atoms with E-state index >= 15 is 0 Å². The van der Waals surface area contributed by atoms with Crippen molar-refractivity contribution < 1.29 is 17.9 Å². The summed E-state index contributed by atoms with van der Waals surface area (Å²) in [6.45, 7) is 6.00. The average Bonchev–Trinajstić information content (AvgIpc) is 3.38. The molecule has 0 spiro atoms. The number of rotatable bonds is 10. The number of aromatic nitrogens is 2. The fourth-order valence-corrected chi connectivity index (χ4v) is 5.34. The summed E-state index contributed by atoms with van der Waals surface area (Å²) in [5.74, 6) is 0.570. The number of nitrogens with zero attached hydrogens (tertiary/aromatic N) is 3. The second-order valence-electron chi connectivity index (χ2n) is 8.57. The monoisotopic (exact) mass is 503 g/mol. The molecule has 2 aliphatic rings. The van der Waals surface area contributed by atoms with Crippen molar-refractivity contribution in [2.45, 2.75) is 37.1 Å². The Hall–Kier alpha value is -2.80. The summed E-state index contributed by atoms with van der Waals surface area (Å²) in [7, 11) is -3.60. The molecule has 1 atom stereocenters. The van der Waals surface area contributed by atoms with Crippen molar-refractivity contribution in [2.24, 2.45) is 0 Å². The van der Waals surface area contributed by atoms with E-state index in [4.69, 9.17) is 4.74 Å². The van der Waals surface area contributed by atoms with Gasteiger partial charge in [-0.15, -0.1) is 0 Å². The fourth-order valence-electron chi connectivity index (χ4n) is 3.94. The molecule has 2 aliphatic heterocycles. The molecule has 2 saturated heterocycles. The van der Waals surface area contributed by atoms with Crippen LogP contribution in [0.5, 0.6) is 0 Å². The highest BCUT2D eigenvalue weighted by atomic mass is 32.2. The molecule has 4 N–H and O–H groups in total. The van der Waals surface area contributed by atoms with Gasteiger partial charge in [-0.2, -0.15) is 9.29 Å². The predicted octanol–water partition coefficient (Wildman–Crippen LogP) is 1.74. The first-order valence-corrected chi connectivity index (χ1v) is 13.5. The molecule has 1 unspecified atom stereocenters. The summed E-state index contributed by atoms with van der Waals surface area (Å²) >= 11 is 0. The van der Waals surface area contributed by atoms with Crippen molar-refractivity contribution in [3.8, 4) is 0 Å². The summed E-state index contributed by atoms with van der Waals surface area (Å²) < 4.78 is 32.3. The van der Waals surface area contributed by atoms with Gasteiger partial charge in [0.25, 0.3) is 5.91 Å². The Morgan fingerprint density at radius 1 is 1.23 bits per heavy atom. The van der Waals surface area contributed by atoms with Crippen LogP contribution in [0.3, 0.4) is 0 Å². The summed E-state index contributed by atoms with van der Waals surface area (Å²) in [4.78, 5) is 22.1. The van der Waals surface area contributed by atoms with E-state index in [9.17, 15) is 13.2 Å². The van der Waals surface area contributed by atoms with Gasteiger partial charge in [0.05, 0.1) is 18.1 Å². The first-order chi connectivity index (χ1) is 17.0. The van der Waals surface area contributed by atoms with E-state index in [1.54, 1.807) is 12.1 Å². The Labute approximate surface area is 206 Å². The van der Waals surface area contributed by atoms with Crippen molar-refractivity contribution in [3.05, 3.63) is 36.0 Å². The zero-order valence-corrected chi connectivity index (χ0v) is 20.7. The quantitative estimate of drug-likeness (QED) is 0.357. The van der Waals surface area contributed by atoms with Gasteiger partial charge in [-0.1, -0.05) is 13.3 Å². The zero-order valence-electron chi connectivity index (χ0n) is 19.9. The molecule has 2 fully saturated rings. The molecule has 35 heavy (non-hydrogen) atoms. The number of unbranched alkanes of at least 4 members (excludes halogenated alkanes) is 1. The van der Waals surface area contributed by atoms with E-state index in [2.05, 4.69) is 38.2 Å². The number of sulfonamides is 1. The van der Waals surface area contributed by atoms with Crippen molar-refractivity contribution >= 4 is 33.4 Å². The van der Waals surface area contributed by atoms with E-state index < -0.39 is 10.0 Å². The molecule has 0 radical (unpaired) electrons. The lowest BCUT2D eigenvalue weighted by Crippen LogP contribution is -2.40. The van der Waals surface area contributed by atoms with Gasteiger partial charge in [-0.25, -0.2) is 13.4 Å². The molecule has 0 saturated carbocycles. The van der Waals surface area contributed by atoms with Gasteiger partial charge in [-0.05, 0) is 43.7 Å². The number of hydrogen-bond donors (Lipinski definition) is 4. The minimum atomic E-state index is -3.60. The van der Waals surface area contributed by atoms with Crippen LogP contribution in [0.25, 0.3) is 0 Å². The number of benzene rings is 1. The maximum absolute atomic E-state index is 13.1. The average molecular weight is 504 g/mol. The summed E-state index contributed by atoms with van der Waals surface area (Å²) in [6.07, 6.45) is 4.50. The van der Waals surface area contributed by atoms with Gasteiger partial charge >= 0.3 is 0 Å². The highest BCUT2D eigenvalue weighted by Crippen LogP contribution is 2.22.